The summed E-state index contributed by atoms with van der Waals surface area (Å²) in [5.41, 5.74) is 1.47. The monoisotopic (exact) mass is 274 g/mol. The fraction of sp³-hybridized carbons (Fsp3) is 0.647. The molecule has 2 unspecified atom stereocenters. The molecule has 0 aliphatic carbocycles. The summed E-state index contributed by atoms with van der Waals surface area (Å²) in [5.74, 6) is 0. The fourth-order valence-electron chi connectivity index (χ4n) is 3.38. The highest BCUT2D eigenvalue weighted by molar-refractivity contribution is 5.19. The van der Waals surface area contributed by atoms with Crippen LogP contribution < -0.4 is 5.32 Å². The molecule has 2 aliphatic heterocycles. The summed E-state index contributed by atoms with van der Waals surface area (Å²) < 4.78 is 6.13. The van der Waals surface area contributed by atoms with Crippen molar-refractivity contribution < 1.29 is 4.74 Å². The van der Waals surface area contributed by atoms with Gasteiger partial charge >= 0.3 is 0 Å². The molecule has 0 bridgehead atoms. The van der Waals surface area contributed by atoms with Gasteiger partial charge in [0.25, 0.3) is 0 Å². The Bertz CT molecular complexity index is 432. The highest BCUT2D eigenvalue weighted by atomic mass is 16.5. The number of nitrogens with zero attached hydrogens (tertiary/aromatic N) is 1. The first-order valence-corrected chi connectivity index (χ1v) is 7.81. The molecule has 0 saturated carbocycles. The standard InChI is InChI=1S/C17H26N2O/c1-17(2)9-8-15(20-17)12-19-11-10-18-16(13-19)14-6-4-3-5-7-14/h3-7,15-16,18H,8-13H2,1-2H3. The van der Waals surface area contributed by atoms with Crippen molar-refractivity contribution in [1.29, 1.82) is 0 Å². The predicted molar refractivity (Wildman–Crippen MR) is 81.8 cm³/mol. The van der Waals surface area contributed by atoms with Crippen LogP contribution in [0.2, 0.25) is 0 Å². The summed E-state index contributed by atoms with van der Waals surface area (Å²) in [5, 5.41) is 3.62. The van der Waals surface area contributed by atoms with Crippen LogP contribution in [0.5, 0.6) is 0 Å². The molecule has 20 heavy (non-hydrogen) atoms. The van der Waals surface area contributed by atoms with Gasteiger partial charge in [-0.3, -0.25) is 4.90 Å². The summed E-state index contributed by atoms with van der Waals surface area (Å²) in [6, 6.07) is 11.2. The van der Waals surface area contributed by atoms with Gasteiger partial charge in [0, 0.05) is 32.2 Å². The second kappa shape index (κ2) is 5.84. The zero-order valence-corrected chi connectivity index (χ0v) is 12.6. The molecule has 1 aromatic rings. The minimum absolute atomic E-state index is 0.0809. The van der Waals surface area contributed by atoms with Crippen LogP contribution in [-0.4, -0.2) is 42.8 Å². The Morgan fingerprint density at radius 1 is 1.30 bits per heavy atom. The second-order valence-corrected chi connectivity index (χ2v) is 6.72. The zero-order valence-electron chi connectivity index (χ0n) is 12.6. The maximum Gasteiger partial charge on any atom is 0.0710 e. The Kier molecular flexibility index (Phi) is 4.11. The van der Waals surface area contributed by atoms with Crippen molar-refractivity contribution in [3.8, 4) is 0 Å². The Hall–Kier alpha value is -0.900. The number of rotatable bonds is 3. The second-order valence-electron chi connectivity index (χ2n) is 6.72. The lowest BCUT2D eigenvalue weighted by Gasteiger charge is -2.35. The van der Waals surface area contributed by atoms with Gasteiger partial charge in [-0.2, -0.15) is 0 Å². The first kappa shape index (κ1) is 14.1. The van der Waals surface area contributed by atoms with E-state index in [1.54, 1.807) is 0 Å². The van der Waals surface area contributed by atoms with E-state index in [0.29, 0.717) is 12.1 Å². The molecular formula is C17H26N2O. The van der Waals surface area contributed by atoms with Gasteiger partial charge in [-0.1, -0.05) is 30.3 Å². The average Bonchev–Trinajstić information content (AvgIpc) is 2.79. The van der Waals surface area contributed by atoms with Gasteiger partial charge in [-0.15, -0.1) is 0 Å². The normalized spacial score (nSPS) is 30.5. The van der Waals surface area contributed by atoms with Crippen LogP contribution in [-0.2, 0) is 4.74 Å². The molecule has 2 heterocycles. The Morgan fingerprint density at radius 2 is 2.10 bits per heavy atom. The van der Waals surface area contributed by atoms with Crippen LogP contribution in [0, 0.1) is 0 Å². The Labute approximate surface area is 122 Å². The third kappa shape index (κ3) is 3.40. The molecule has 0 aromatic heterocycles. The number of hydrogen-bond donors (Lipinski definition) is 1. The summed E-state index contributed by atoms with van der Waals surface area (Å²) in [6.45, 7) is 8.77. The summed E-state index contributed by atoms with van der Waals surface area (Å²) in [7, 11) is 0. The molecule has 0 spiro atoms. The molecule has 2 aliphatic rings. The van der Waals surface area contributed by atoms with E-state index in [9.17, 15) is 0 Å². The third-order valence-electron chi connectivity index (χ3n) is 4.48. The van der Waals surface area contributed by atoms with E-state index in [0.717, 1.165) is 26.2 Å². The summed E-state index contributed by atoms with van der Waals surface area (Å²) >= 11 is 0. The van der Waals surface area contributed by atoms with Crippen LogP contribution in [0.25, 0.3) is 0 Å². The van der Waals surface area contributed by atoms with Gasteiger partial charge < -0.3 is 10.1 Å². The van der Waals surface area contributed by atoms with E-state index in [4.69, 9.17) is 4.74 Å². The first-order valence-electron chi connectivity index (χ1n) is 7.81. The number of hydrogen-bond acceptors (Lipinski definition) is 3. The minimum atomic E-state index is 0.0809. The minimum Gasteiger partial charge on any atom is -0.371 e. The van der Waals surface area contributed by atoms with Gasteiger partial charge in [0.1, 0.15) is 0 Å². The number of nitrogens with one attached hydrogen (secondary N) is 1. The lowest BCUT2D eigenvalue weighted by molar-refractivity contribution is -0.0313. The van der Waals surface area contributed by atoms with Gasteiger partial charge in [-0.25, -0.2) is 0 Å². The molecule has 1 aromatic carbocycles. The molecular weight excluding hydrogens is 248 g/mol. The number of piperazine rings is 1. The molecule has 0 radical (unpaired) electrons. The first-order chi connectivity index (χ1) is 9.62. The number of benzene rings is 1. The van der Waals surface area contributed by atoms with E-state index in [1.165, 1.54) is 18.4 Å². The van der Waals surface area contributed by atoms with Crippen molar-refractivity contribution in [2.75, 3.05) is 26.2 Å². The third-order valence-corrected chi connectivity index (χ3v) is 4.48. The van der Waals surface area contributed by atoms with Gasteiger partial charge in [0.15, 0.2) is 0 Å². The molecule has 0 amide bonds. The molecule has 110 valence electrons. The van der Waals surface area contributed by atoms with E-state index < -0.39 is 0 Å². The quantitative estimate of drug-likeness (QED) is 0.917. The molecule has 3 nitrogen and oxygen atoms in total. The van der Waals surface area contributed by atoms with Crippen molar-refractivity contribution in [2.24, 2.45) is 0 Å². The van der Waals surface area contributed by atoms with Crippen molar-refractivity contribution in [1.82, 2.24) is 10.2 Å². The lowest BCUT2D eigenvalue weighted by Crippen LogP contribution is -2.48. The maximum atomic E-state index is 6.13. The SMILES string of the molecule is CC1(C)CCC(CN2CCNC(c3ccccc3)C2)O1. The smallest absolute Gasteiger partial charge is 0.0710 e. The van der Waals surface area contributed by atoms with Gasteiger partial charge in [0.2, 0.25) is 0 Å². The lowest BCUT2D eigenvalue weighted by atomic mass is 10.0. The van der Waals surface area contributed by atoms with Crippen LogP contribution in [0.15, 0.2) is 30.3 Å². The predicted octanol–water partition coefficient (Wildman–Crippen LogP) is 2.59. The van der Waals surface area contributed by atoms with Crippen LogP contribution in [0.3, 0.4) is 0 Å². The van der Waals surface area contributed by atoms with E-state index >= 15 is 0 Å². The van der Waals surface area contributed by atoms with Crippen molar-refractivity contribution in [3.63, 3.8) is 0 Å². The molecule has 3 heteroatoms. The van der Waals surface area contributed by atoms with Crippen LogP contribution in [0.1, 0.15) is 38.3 Å². The largest absolute Gasteiger partial charge is 0.371 e. The van der Waals surface area contributed by atoms with Gasteiger partial charge in [-0.05, 0) is 32.3 Å². The summed E-state index contributed by atoms with van der Waals surface area (Å²) in [6.07, 6.45) is 2.80. The van der Waals surface area contributed by atoms with E-state index in [1.807, 2.05) is 0 Å². The van der Waals surface area contributed by atoms with Crippen molar-refractivity contribution in [3.05, 3.63) is 35.9 Å². The Morgan fingerprint density at radius 3 is 2.80 bits per heavy atom. The maximum absolute atomic E-state index is 6.13. The topological polar surface area (TPSA) is 24.5 Å². The van der Waals surface area contributed by atoms with E-state index in [2.05, 4.69) is 54.4 Å². The van der Waals surface area contributed by atoms with Crippen LogP contribution in [0.4, 0.5) is 0 Å². The highest BCUT2D eigenvalue weighted by Crippen LogP contribution is 2.30. The van der Waals surface area contributed by atoms with Crippen molar-refractivity contribution in [2.45, 2.75) is 44.4 Å². The average molecular weight is 274 g/mol. The van der Waals surface area contributed by atoms with Crippen molar-refractivity contribution >= 4 is 0 Å². The molecule has 2 atom stereocenters. The molecule has 1 N–H and O–H groups in total. The van der Waals surface area contributed by atoms with E-state index in [-0.39, 0.29) is 5.60 Å². The van der Waals surface area contributed by atoms with Gasteiger partial charge in [0.05, 0.1) is 11.7 Å². The van der Waals surface area contributed by atoms with Crippen LogP contribution >= 0.6 is 0 Å². The fourth-order valence-corrected chi connectivity index (χ4v) is 3.38. The zero-order chi connectivity index (χ0) is 14.0. The highest BCUT2D eigenvalue weighted by Gasteiger charge is 2.33. The summed E-state index contributed by atoms with van der Waals surface area (Å²) in [4.78, 5) is 2.56. The molecule has 2 saturated heterocycles. The Balaban J connectivity index is 1.56. The molecule has 3 rings (SSSR count). The molecule has 2 fully saturated rings. The number of ether oxygens (including phenoxy) is 1.